The number of benzene rings is 2. The number of nitrogens with two attached hydrogens (primary N) is 1. The fourth-order valence-corrected chi connectivity index (χ4v) is 2.02. The van der Waals surface area contributed by atoms with E-state index in [1.54, 1.807) is 24.3 Å². The zero-order chi connectivity index (χ0) is 13.8. The molecule has 4 N–H and O–H groups in total. The zero-order valence-corrected chi connectivity index (χ0v) is 11.6. The average Bonchev–Trinajstić information content (AvgIpc) is 2.41. The number of halogens is 1. The van der Waals surface area contributed by atoms with Crippen LogP contribution in [-0.4, -0.2) is 10.9 Å². The van der Waals surface area contributed by atoms with E-state index in [1.165, 1.54) is 0 Å². The summed E-state index contributed by atoms with van der Waals surface area (Å²) in [4.78, 5) is 0. The molecule has 2 aromatic rings. The van der Waals surface area contributed by atoms with Crippen LogP contribution in [0.1, 0.15) is 11.1 Å². The first-order chi connectivity index (χ1) is 9.11. The number of rotatable bonds is 4. The third kappa shape index (κ3) is 3.13. The number of aliphatic hydroxyl groups is 1. The fraction of sp³-hybridized carbons (Fsp3) is 0.0714. The van der Waals surface area contributed by atoms with Gasteiger partial charge < -0.3 is 15.6 Å². The monoisotopic (exact) mass is 320 g/mol. The first-order valence-electron chi connectivity index (χ1n) is 5.62. The molecule has 19 heavy (non-hydrogen) atoms. The lowest BCUT2D eigenvalue weighted by atomic mass is 10.1. The van der Waals surface area contributed by atoms with E-state index in [0.29, 0.717) is 22.6 Å². The Labute approximate surface area is 119 Å². The van der Waals surface area contributed by atoms with Gasteiger partial charge in [-0.05, 0) is 24.3 Å². The molecular formula is C14H13BrN2O2. The summed E-state index contributed by atoms with van der Waals surface area (Å²) in [6.45, 7) is -0.109. The van der Waals surface area contributed by atoms with Crippen molar-refractivity contribution in [2.45, 2.75) is 6.61 Å². The molecule has 0 aliphatic heterocycles. The Morgan fingerprint density at radius 2 is 1.95 bits per heavy atom. The molecule has 4 nitrogen and oxygen atoms in total. The van der Waals surface area contributed by atoms with Crippen LogP contribution in [0.2, 0.25) is 0 Å². The first kappa shape index (κ1) is 13.6. The van der Waals surface area contributed by atoms with E-state index in [9.17, 15) is 5.11 Å². The van der Waals surface area contributed by atoms with E-state index in [-0.39, 0.29) is 12.4 Å². The van der Waals surface area contributed by atoms with Gasteiger partial charge in [0, 0.05) is 10.0 Å². The van der Waals surface area contributed by atoms with Crippen LogP contribution in [0, 0.1) is 5.41 Å². The van der Waals surface area contributed by atoms with Gasteiger partial charge >= 0.3 is 0 Å². The van der Waals surface area contributed by atoms with Crippen LogP contribution in [0.5, 0.6) is 11.5 Å². The highest BCUT2D eigenvalue weighted by Crippen LogP contribution is 2.29. The molecule has 0 bridgehead atoms. The number of amidine groups is 1. The SMILES string of the molecule is N=C(N)c1cc(Br)ccc1Oc1ccccc1CO. The van der Waals surface area contributed by atoms with Gasteiger partial charge in [0.2, 0.25) is 0 Å². The number of nitrogen functional groups attached to an aromatic ring is 1. The predicted molar refractivity (Wildman–Crippen MR) is 77.6 cm³/mol. The standard InChI is InChI=1S/C14H13BrN2O2/c15-10-5-6-13(11(7-10)14(16)17)19-12-4-2-1-3-9(12)8-18/h1-7,18H,8H2,(H3,16,17). The Hall–Kier alpha value is -1.85. The van der Waals surface area contributed by atoms with Crippen LogP contribution in [0.3, 0.4) is 0 Å². The van der Waals surface area contributed by atoms with Gasteiger partial charge in [0.1, 0.15) is 17.3 Å². The first-order valence-corrected chi connectivity index (χ1v) is 6.41. The highest BCUT2D eigenvalue weighted by Gasteiger charge is 2.10. The summed E-state index contributed by atoms with van der Waals surface area (Å²) < 4.78 is 6.57. The normalized spacial score (nSPS) is 10.2. The van der Waals surface area contributed by atoms with E-state index in [0.717, 1.165) is 4.47 Å². The van der Waals surface area contributed by atoms with Crippen LogP contribution in [0.15, 0.2) is 46.9 Å². The summed E-state index contributed by atoms with van der Waals surface area (Å²) >= 11 is 3.33. The summed E-state index contributed by atoms with van der Waals surface area (Å²) in [6.07, 6.45) is 0. The molecule has 0 amide bonds. The molecule has 2 rings (SSSR count). The number of nitrogens with one attached hydrogen (secondary N) is 1. The quantitative estimate of drug-likeness (QED) is 0.598. The van der Waals surface area contributed by atoms with E-state index in [4.69, 9.17) is 15.9 Å². The smallest absolute Gasteiger partial charge is 0.138 e. The van der Waals surface area contributed by atoms with Crippen LogP contribution >= 0.6 is 15.9 Å². The van der Waals surface area contributed by atoms with Crippen molar-refractivity contribution in [3.8, 4) is 11.5 Å². The second-order valence-electron chi connectivity index (χ2n) is 3.92. The summed E-state index contributed by atoms with van der Waals surface area (Å²) in [7, 11) is 0. The molecule has 0 atom stereocenters. The minimum absolute atomic E-state index is 0.0715. The third-order valence-corrected chi connectivity index (χ3v) is 3.09. The van der Waals surface area contributed by atoms with Crippen molar-refractivity contribution in [2.24, 2.45) is 5.73 Å². The molecule has 0 unspecified atom stereocenters. The van der Waals surface area contributed by atoms with Gasteiger partial charge in [0.15, 0.2) is 0 Å². The van der Waals surface area contributed by atoms with Crippen molar-refractivity contribution in [3.05, 3.63) is 58.1 Å². The van der Waals surface area contributed by atoms with Gasteiger partial charge in [-0.15, -0.1) is 0 Å². The minimum atomic E-state index is -0.109. The Kier molecular flexibility index (Phi) is 4.19. The molecule has 2 aromatic carbocycles. The van der Waals surface area contributed by atoms with Crippen molar-refractivity contribution >= 4 is 21.8 Å². The highest BCUT2D eigenvalue weighted by atomic mass is 79.9. The molecule has 0 aliphatic carbocycles. The zero-order valence-electron chi connectivity index (χ0n) is 10.1. The number of hydrogen-bond donors (Lipinski definition) is 3. The van der Waals surface area contributed by atoms with E-state index < -0.39 is 0 Å². The largest absolute Gasteiger partial charge is 0.456 e. The molecule has 0 radical (unpaired) electrons. The molecule has 0 aromatic heterocycles. The number of aliphatic hydroxyl groups excluding tert-OH is 1. The molecule has 0 saturated heterocycles. The van der Waals surface area contributed by atoms with Gasteiger partial charge in [-0.25, -0.2) is 0 Å². The van der Waals surface area contributed by atoms with E-state index in [2.05, 4.69) is 15.9 Å². The molecule has 0 aliphatic rings. The lowest BCUT2D eigenvalue weighted by Crippen LogP contribution is -2.12. The molecule has 0 fully saturated rings. The van der Waals surface area contributed by atoms with Crippen LogP contribution in [0.25, 0.3) is 0 Å². The summed E-state index contributed by atoms with van der Waals surface area (Å²) in [5, 5.41) is 16.8. The van der Waals surface area contributed by atoms with Gasteiger partial charge in [0.05, 0.1) is 12.2 Å². The molecular weight excluding hydrogens is 308 g/mol. The van der Waals surface area contributed by atoms with Crippen molar-refractivity contribution in [1.29, 1.82) is 5.41 Å². The molecule has 0 spiro atoms. The second-order valence-corrected chi connectivity index (χ2v) is 4.84. The van der Waals surface area contributed by atoms with E-state index >= 15 is 0 Å². The minimum Gasteiger partial charge on any atom is -0.456 e. The highest BCUT2D eigenvalue weighted by molar-refractivity contribution is 9.10. The van der Waals surface area contributed by atoms with Crippen molar-refractivity contribution in [3.63, 3.8) is 0 Å². The molecule has 98 valence electrons. The Bertz CT molecular complexity index is 614. The average molecular weight is 321 g/mol. The predicted octanol–water partition coefficient (Wildman–Crippen LogP) is 3.02. The maximum Gasteiger partial charge on any atom is 0.138 e. The van der Waals surface area contributed by atoms with Crippen LogP contribution in [-0.2, 0) is 6.61 Å². The number of para-hydroxylation sites is 1. The van der Waals surface area contributed by atoms with Gasteiger partial charge in [-0.2, -0.15) is 0 Å². The molecule has 5 heteroatoms. The van der Waals surface area contributed by atoms with Crippen molar-refractivity contribution < 1.29 is 9.84 Å². The van der Waals surface area contributed by atoms with Crippen molar-refractivity contribution in [1.82, 2.24) is 0 Å². The Balaban J connectivity index is 2.41. The van der Waals surface area contributed by atoms with Gasteiger partial charge in [0.25, 0.3) is 0 Å². The maximum absolute atomic E-state index is 9.26. The van der Waals surface area contributed by atoms with E-state index in [1.807, 2.05) is 18.2 Å². The lowest BCUT2D eigenvalue weighted by Gasteiger charge is -2.13. The Morgan fingerprint density at radius 3 is 2.63 bits per heavy atom. The van der Waals surface area contributed by atoms with Crippen LogP contribution < -0.4 is 10.5 Å². The van der Waals surface area contributed by atoms with Crippen LogP contribution in [0.4, 0.5) is 0 Å². The van der Waals surface area contributed by atoms with Gasteiger partial charge in [-0.1, -0.05) is 34.1 Å². The number of ether oxygens (including phenoxy) is 1. The summed E-state index contributed by atoms with van der Waals surface area (Å²) in [5.74, 6) is 0.962. The summed E-state index contributed by atoms with van der Waals surface area (Å²) in [6, 6.07) is 12.4. The van der Waals surface area contributed by atoms with Gasteiger partial charge in [-0.3, -0.25) is 5.41 Å². The molecule has 0 heterocycles. The fourth-order valence-electron chi connectivity index (χ4n) is 1.65. The molecule has 0 saturated carbocycles. The summed E-state index contributed by atoms with van der Waals surface area (Å²) in [5.41, 5.74) is 6.72. The van der Waals surface area contributed by atoms with Crippen molar-refractivity contribution in [2.75, 3.05) is 0 Å². The third-order valence-electron chi connectivity index (χ3n) is 2.59. The topological polar surface area (TPSA) is 79.3 Å². The number of hydrogen-bond acceptors (Lipinski definition) is 3. The lowest BCUT2D eigenvalue weighted by molar-refractivity contribution is 0.276. The Morgan fingerprint density at radius 1 is 1.21 bits per heavy atom. The second kappa shape index (κ2) is 5.86. The maximum atomic E-state index is 9.26.